The number of nitrogens with zero attached hydrogens (tertiary/aromatic N) is 2. The van der Waals surface area contributed by atoms with E-state index in [9.17, 15) is 14.0 Å². The highest BCUT2D eigenvalue weighted by molar-refractivity contribution is 9.10. The molecule has 0 saturated heterocycles. The number of fused-ring (bicyclic) bond motifs is 1. The van der Waals surface area contributed by atoms with Crippen LogP contribution in [-0.2, 0) is 9.53 Å². The summed E-state index contributed by atoms with van der Waals surface area (Å²) in [7, 11) is 0. The third-order valence-corrected chi connectivity index (χ3v) is 8.10. The molecule has 3 heterocycles. The molecule has 41 heavy (non-hydrogen) atoms. The van der Waals surface area contributed by atoms with Crippen LogP contribution >= 0.6 is 27.3 Å². The van der Waals surface area contributed by atoms with Crippen LogP contribution in [0.2, 0.25) is 0 Å². The van der Waals surface area contributed by atoms with Crippen molar-refractivity contribution in [3.63, 3.8) is 0 Å². The zero-order valence-corrected chi connectivity index (χ0v) is 24.1. The molecule has 0 bridgehead atoms. The molecule has 6 nitrogen and oxygen atoms in total. The second-order valence-electron chi connectivity index (χ2n) is 9.19. The van der Waals surface area contributed by atoms with Crippen LogP contribution in [0.1, 0.15) is 29.9 Å². The van der Waals surface area contributed by atoms with Crippen molar-refractivity contribution in [2.45, 2.75) is 13.0 Å². The van der Waals surface area contributed by atoms with Crippen molar-refractivity contribution in [2.75, 3.05) is 6.61 Å². The Kier molecular flexibility index (Phi) is 7.38. The van der Waals surface area contributed by atoms with Crippen LogP contribution in [0.15, 0.2) is 115 Å². The largest absolute Gasteiger partial charge is 0.463 e. The Morgan fingerprint density at radius 3 is 2.46 bits per heavy atom. The van der Waals surface area contributed by atoms with E-state index in [2.05, 4.69) is 15.9 Å². The summed E-state index contributed by atoms with van der Waals surface area (Å²) in [5.74, 6) is 0.144. The van der Waals surface area contributed by atoms with Gasteiger partial charge in [0, 0.05) is 21.7 Å². The second-order valence-corrected chi connectivity index (χ2v) is 11.1. The molecule has 0 unspecified atom stereocenters. The summed E-state index contributed by atoms with van der Waals surface area (Å²) >= 11 is 4.63. The number of benzene rings is 3. The molecule has 6 rings (SSSR count). The van der Waals surface area contributed by atoms with Gasteiger partial charge in [0.15, 0.2) is 4.80 Å². The lowest BCUT2D eigenvalue weighted by Gasteiger charge is -2.25. The van der Waals surface area contributed by atoms with Crippen LogP contribution in [0.5, 0.6) is 0 Å². The van der Waals surface area contributed by atoms with Crippen molar-refractivity contribution in [1.82, 2.24) is 4.57 Å². The van der Waals surface area contributed by atoms with Gasteiger partial charge in [-0.15, -0.1) is 0 Å². The Hall–Kier alpha value is -4.34. The molecule has 0 aliphatic carbocycles. The molecule has 0 amide bonds. The van der Waals surface area contributed by atoms with Crippen LogP contribution < -0.4 is 14.9 Å². The molecule has 0 fully saturated rings. The average molecular weight is 630 g/mol. The van der Waals surface area contributed by atoms with E-state index in [0.717, 1.165) is 10.0 Å². The molecular formula is C32H22BrFN2O4S. The molecule has 0 saturated carbocycles. The summed E-state index contributed by atoms with van der Waals surface area (Å²) < 4.78 is 28.2. The van der Waals surface area contributed by atoms with Gasteiger partial charge < -0.3 is 9.15 Å². The fourth-order valence-electron chi connectivity index (χ4n) is 4.73. The molecule has 0 spiro atoms. The average Bonchev–Trinajstić information content (AvgIpc) is 3.58. The van der Waals surface area contributed by atoms with Gasteiger partial charge in [0.1, 0.15) is 17.3 Å². The maximum Gasteiger partial charge on any atom is 0.338 e. The SMILES string of the molecule is CCOC(=O)C1=C(c2ccccc2)N=c2s/c(=C\c3ccc(-c4ccc(Br)cc4)o3)c(=O)n2[C@@H]1c1ccc(F)cc1. The topological polar surface area (TPSA) is 73.8 Å². The van der Waals surface area contributed by atoms with Gasteiger partial charge in [-0.05, 0) is 48.9 Å². The number of rotatable bonds is 6. The lowest BCUT2D eigenvalue weighted by atomic mass is 9.93. The molecule has 0 N–H and O–H groups in total. The number of hydrogen-bond acceptors (Lipinski definition) is 6. The summed E-state index contributed by atoms with van der Waals surface area (Å²) in [5.41, 5.74) is 2.42. The van der Waals surface area contributed by atoms with Crippen molar-refractivity contribution in [2.24, 2.45) is 4.99 Å². The molecule has 5 aromatic rings. The summed E-state index contributed by atoms with van der Waals surface area (Å²) in [6.07, 6.45) is 1.67. The number of esters is 1. The molecule has 0 radical (unpaired) electrons. The van der Waals surface area contributed by atoms with Gasteiger partial charge in [-0.3, -0.25) is 9.36 Å². The van der Waals surface area contributed by atoms with E-state index in [-0.39, 0.29) is 17.7 Å². The van der Waals surface area contributed by atoms with E-state index < -0.39 is 17.8 Å². The first-order valence-corrected chi connectivity index (χ1v) is 14.4. The Morgan fingerprint density at radius 2 is 1.76 bits per heavy atom. The molecule has 9 heteroatoms. The van der Waals surface area contributed by atoms with Gasteiger partial charge in [-0.1, -0.05) is 81.9 Å². The van der Waals surface area contributed by atoms with Gasteiger partial charge in [-0.2, -0.15) is 0 Å². The van der Waals surface area contributed by atoms with Crippen molar-refractivity contribution in [3.05, 3.63) is 143 Å². The van der Waals surface area contributed by atoms with Gasteiger partial charge >= 0.3 is 5.97 Å². The second kappa shape index (κ2) is 11.3. The third kappa shape index (κ3) is 5.26. The van der Waals surface area contributed by atoms with E-state index in [1.807, 2.05) is 60.7 Å². The Bertz CT molecular complexity index is 1960. The summed E-state index contributed by atoms with van der Waals surface area (Å²) in [4.78, 5) is 32.6. The molecule has 1 aliphatic heterocycles. The highest BCUT2D eigenvalue weighted by Gasteiger charge is 2.35. The van der Waals surface area contributed by atoms with Crippen molar-refractivity contribution < 1.29 is 18.3 Å². The number of hydrogen-bond donors (Lipinski definition) is 0. The van der Waals surface area contributed by atoms with Crippen LogP contribution in [-0.4, -0.2) is 17.1 Å². The minimum Gasteiger partial charge on any atom is -0.463 e. The van der Waals surface area contributed by atoms with E-state index in [4.69, 9.17) is 14.1 Å². The lowest BCUT2D eigenvalue weighted by molar-refractivity contribution is -0.138. The number of ether oxygens (including phenoxy) is 1. The number of aromatic nitrogens is 1. The summed E-state index contributed by atoms with van der Waals surface area (Å²) in [6.45, 7) is 1.86. The predicted octanol–water partition coefficient (Wildman–Crippen LogP) is 6.10. The van der Waals surface area contributed by atoms with Crippen molar-refractivity contribution in [1.29, 1.82) is 0 Å². The Labute approximate surface area is 246 Å². The van der Waals surface area contributed by atoms with Crippen molar-refractivity contribution >= 4 is 45.0 Å². The standard InChI is InChI=1S/C32H22BrFN2O4S/c1-2-39-31(38)27-28(20-6-4-3-5-7-20)35-32-36(29(27)21-10-14-23(34)15-11-21)30(37)26(41-32)18-24-16-17-25(40-24)19-8-12-22(33)13-9-19/h3-18,29H,2H2,1H3/b26-18-/t29-/m1/s1. The van der Waals surface area contributed by atoms with Crippen molar-refractivity contribution in [3.8, 4) is 11.3 Å². The van der Waals surface area contributed by atoms with Crippen LogP contribution in [0, 0.1) is 5.82 Å². The number of furan rings is 1. The molecule has 204 valence electrons. The first-order valence-electron chi connectivity index (χ1n) is 12.8. The fourth-order valence-corrected chi connectivity index (χ4v) is 5.98. The van der Waals surface area contributed by atoms with Gasteiger partial charge in [0.25, 0.3) is 5.56 Å². The summed E-state index contributed by atoms with van der Waals surface area (Å²) in [5, 5.41) is 0. The van der Waals surface area contributed by atoms with E-state index in [1.54, 1.807) is 31.2 Å². The third-order valence-electron chi connectivity index (χ3n) is 6.59. The zero-order chi connectivity index (χ0) is 28.5. The highest BCUT2D eigenvalue weighted by Crippen LogP contribution is 2.35. The zero-order valence-electron chi connectivity index (χ0n) is 21.7. The van der Waals surface area contributed by atoms with E-state index in [0.29, 0.717) is 37.7 Å². The first-order chi connectivity index (χ1) is 19.9. The first kappa shape index (κ1) is 26.9. The number of carbonyl (C=O) groups is 1. The minimum absolute atomic E-state index is 0.143. The predicted molar refractivity (Wildman–Crippen MR) is 159 cm³/mol. The van der Waals surface area contributed by atoms with E-state index >= 15 is 0 Å². The normalized spacial score (nSPS) is 15.0. The molecule has 3 aromatic carbocycles. The number of thiazole rings is 1. The summed E-state index contributed by atoms with van der Waals surface area (Å²) in [6, 6.07) is 25.5. The number of halogens is 2. The van der Waals surface area contributed by atoms with Gasteiger partial charge in [0.05, 0.1) is 28.5 Å². The molecule has 1 atom stereocenters. The molecular weight excluding hydrogens is 607 g/mol. The van der Waals surface area contributed by atoms with Gasteiger partial charge in [-0.25, -0.2) is 14.2 Å². The van der Waals surface area contributed by atoms with Crippen LogP contribution in [0.3, 0.4) is 0 Å². The minimum atomic E-state index is -0.877. The molecule has 2 aromatic heterocycles. The van der Waals surface area contributed by atoms with E-state index in [1.165, 1.54) is 28.0 Å². The van der Waals surface area contributed by atoms with Crippen LogP contribution in [0.4, 0.5) is 4.39 Å². The lowest BCUT2D eigenvalue weighted by Crippen LogP contribution is -2.40. The maximum atomic E-state index is 13.9. The maximum absolute atomic E-state index is 13.9. The van der Waals surface area contributed by atoms with Crippen LogP contribution in [0.25, 0.3) is 23.1 Å². The fraction of sp³-hybridized carbons (Fsp3) is 0.0938. The molecule has 1 aliphatic rings. The number of carbonyl (C=O) groups excluding carboxylic acids is 1. The quantitative estimate of drug-likeness (QED) is 0.213. The monoisotopic (exact) mass is 628 g/mol. The Balaban J connectivity index is 1.55. The smallest absolute Gasteiger partial charge is 0.338 e. The highest BCUT2D eigenvalue weighted by atomic mass is 79.9. The Morgan fingerprint density at radius 1 is 1.02 bits per heavy atom. The van der Waals surface area contributed by atoms with Gasteiger partial charge in [0.2, 0.25) is 0 Å².